The monoisotopic (exact) mass is 540 g/mol. The van der Waals surface area contributed by atoms with E-state index in [0.717, 1.165) is 28.6 Å². The van der Waals surface area contributed by atoms with E-state index in [1.54, 1.807) is 18.3 Å². The highest BCUT2D eigenvalue weighted by Crippen LogP contribution is 2.66. The number of nitrogens with zero attached hydrogens (tertiary/aromatic N) is 1. The number of H-pyrrole nitrogens is 1. The number of aryl methyl sites for hydroxylation is 1. The molecule has 1 atom stereocenters. The first-order valence-corrected chi connectivity index (χ1v) is 12.4. The molecule has 3 aliphatic carbocycles. The molecular weight excluding hydrogens is 518 g/mol. The van der Waals surface area contributed by atoms with Crippen LogP contribution in [0.25, 0.3) is 17.0 Å². The summed E-state index contributed by atoms with van der Waals surface area (Å²) < 4.78 is 27.8. The van der Waals surface area contributed by atoms with Gasteiger partial charge in [-0.05, 0) is 67.0 Å². The number of nitrogens with one attached hydrogen (secondary N) is 3. The molecule has 4 aliphatic rings. The molecule has 8 nitrogen and oxygen atoms in total. The van der Waals surface area contributed by atoms with E-state index in [2.05, 4.69) is 15.6 Å². The van der Waals surface area contributed by atoms with Gasteiger partial charge in [0.1, 0.15) is 11.7 Å². The summed E-state index contributed by atoms with van der Waals surface area (Å²) in [4.78, 5) is 43.7. The summed E-state index contributed by atoms with van der Waals surface area (Å²) in [5.41, 5.74) is 1.19. The van der Waals surface area contributed by atoms with Crippen molar-refractivity contribution in [2.24, 2.45) is 5.41 Å². The molecule has 4 fully saturated rings. The second-order valence-corrected chi connectivity index (χ2v) is 11.0. The largest absolute Gasteiger partial charge is 0.390 e. The number of hydrogen-bond acceptors (Lipinski definition) is 4. The first-order valence-electron chi connectivity index (χ1n) is 12.1. The normalized spacial score (nSPS) is 25.8. The van der Waals surface area contributed by atoms with Gasteiger partial charge in [-0.25, -0.2) is 18.5 Å². The van der Waals surface area contributed by atoms with Gasteiger partial charge in [0.15, 0.2) is 11.6 Å². The molecule has 1 unspecified atom stereocenters. The maximum atomic E-state index is 14.1. The van der Waals surface area contributed by atoms with Crippen LogP contribution in [0.1, 0.15) is 42.0 Å². The number of rotatable bonds is 6. The van der Waals surface area contributed by atoms with Crippen LogP contribution in [0.15, 0.2) is 42.2 Å². The lowest BCUT2D eigenvalue weighted by Crippen LogP contribution is -2.70. The summed E-state index contributed by atoms with van der Waals surface area (Å²) in [6, 6.07) is 3.91. The molecule has 3 aromatic rings. The van der Waals surface area contributed by atoms with Gasteiger partial charge in [0.2, 0.25) is 5.91 Å². The molecular formula is C27H23ClF2N4O4. The van der Waals surface area contributed by atoms with Gasteiger partial charge in [0.25, 0.3) is 5.91 Å². The number of imide groups is 1. The number of aromatic amines is 1. The third-order valence-corrected chi connectivity index (χ3v) is 8.22. The quantitative estimate of drug-likeness (QED) is 0.279. The smallest absolute Gasteiger partial charge is 0.330 e. The van der Waals surface area contributed by atoms with Gasteiger partial charge >= 0.3 is 6.03 Å². The minimum absolute atomic E-state index is 0.0558. The molecule has 2 heterocycles. The van der Waals surface area contributed by atoms with Gasteiger partial charge in [-0.15, -0.1) is 0 Å². The Labute approximate surface area is 220 Å². The number of hydrogen-bond donors (Lipinski definition) is 4. The average molecular weight is 541 g/mol. The van der Waals surface area contributed by atoms with Crippen LogP contribution in [0.4, 0.5) is 13.6 Å². The van der Waals surface area contributed by atoms with Gasteiger partial charge in [-0.3, -0.25) is 9.59 Å². The number of halogens is 3. The fourth-order valence-corrected chi connectivity index (χ4v) is 6.15. The Balaban J connectivity index is 1.32. The summed E-state index contributed by atoms with van der Waals surface area (Å²) >= 11 is 6.19. The third kappa shape index (κ3) is 3.78. The van der Waals surface area contributed by atoms with E-state index in [0.29, 0.717) is 34.7 Å². The maximum Gasteiger partial charge on any atom is 0.330 e. The molecule has 4 N–H and O–H groups in total. The van der Waals surface area contributed by atoms with E-state index in [4.69, 9.17) is 11.6 Å². The van der Waals surface area contributed by atoms with Gasteiger partial charge in [-0.1, -0.05) is 23.7 Å². The van der Waals surface area contributed by atoms with Crippen molar-refractivity contribution in [1.29, 1.82) is 0 Å². The summed E-state index contributed by atoms with van der Waals surface area (Å²) in [5.74, 6) is -3.84. The Hall–Kier alpha value is -3.76. The molecule has 3 saturated carbocycles. The number of aromatic nitrogens is 1. The van der Waals surface area contributed by atoms with Crippen LogP contribution in [0, 0.1) is 24.0 Å². The van der Waals surface area contributed by atoms with Crippen molar-refractivity contribution < 1.29 is 28.3 Å². The number of carbonyl (C=O) groups excluding carboxylic acids is 3. The Bertz CT molecular complexity index is 1560. The molecule has 0 radical (unpaired) electrons. The van der Waals surface area contributed by atoms with Crippen molar-refractivity contribution in [2.75, 3.05) is 6.54 Å². The Morgan fingerprint density at radius 3 is 2.63 bits per heavy atom. The SMILES string of the molecule is Cc1c(Cl)ccc2c(/C=C3\NC(=O)N(C(C(=O)NCC45CC(O)(C4)C5)c4ccc(F)c(F)c4)C3=O)c[nH]c12. The molecule has 4 amide bonds. The van der Waals surface area contributed by atoms with Crippen LogP contribution in [0.3, 0.4) is 0 Å². The number of amides is 4. The number of carbonyl (C=O) groups is 3. The molecule has 1 aromatic heterocycles. The van der Waals surface area contributed by atoms with Crippen molar-refractivity contribution in [3.63, 3.8) is 0 Å². The first-order chi connectivity index (χ1) is 18.0. The summed E-state index contributed by atoms with van der Waals surface area (Å²) in [6.45, 7) is 2.08. The molecule has 0 spiro atoms. The summed E-state index contributed by atoms with van der Waals surface area (Å²) in [5, 5.41) is 16.6. The van der Waals surface area contributed by atoms with Crippen molar-refractivity contribution in [1.82, 2.24) is 20.5 Å². The fraction of sp³-hybridized carbons (Fsp3) is 0.296. The minimum Gasteiger partial charge on any atom is -0.390 e. The Morgan fingerprint density at radius 1 is 1.21 bits per heavy atom. The molecule has 7 rings (SSSR count). The topological polar surface area (TPSA) is 115 Å². The van der Waals surface area contributed by atoms with Crippen LogP contribution >= 0.6 is 11.6 Å². The van der Waals surface area contributed by atoms with Crippen LogP contribution in [-0.2, 0) is 9.59 Å². The molecule has 11 heteroatoms. The van der Waals surface area contributed by atoms with Crippen molar-refractivity contribution in [3.8, 4) is 0 Å². The lowest BCUT2D eigenvalue weighted by Gasteiger charge is -2.67. The van der Waals surface area contributed by atoms with Crippen molar-refractivity contribution in [3.05, 3.63) is 75.6 Å². The van der Waals surface area contributed by atoms with Crippen molar-refractivity contribution >= 4 is 46.4 Å². The second kappa shape index (κ2) is 8.37. The van der Waals surface area contributed by atoms with E-state index < -0.39 is 41.1 Å². The van der Waals surface area contributed by atoms with Gasteiger partial charge in [-0.2, -0.15) is 0 Å². The van der Waals surface area contributed by atoms with E-state index in [1.807, 2.05) is 6.92 Å². The van der Waals surface area contributed by atoms with E-state index in [1.165, 1.54) is 12.1 Å². The van der Waals surface area contributed by atoms with Gasteiger partial charge < -0.3 is 20.7 Å². The zero-order valence-electron chi connectivity index (χ0n) is 20.2. The highest BCUT2D eigenvalue weighted by molar-refractivity contribution is 6.32. The standard InChI is InChI=1S/C27H23ClF2N4O4/c1-13-17(28)4-3-16-15(8-31-21(13)16)7-20-24(36)34(25(37)33-20)22(14-2-5-18(29)19(30)6-14)23(35)32-12-26-9-27(38,10-26)11-26/h2-8,22,31,38H,9-12H2,1H3,(H,32,35)(H,33,37)/b20-7-. The summed E-state index contributed by atoms with van der Waals surface area (Å²) in [6.07, 6.45) is 4.82. The Morgan fingerprint density at radius 2 is 1.95 bits per heavy atom. The van der Waals surface area contributed by atoms with E-state index >= 15 is 0 Å². The van der Waals surface area contributed by atoms with Crippen LogP contribution < -0.4 is 10.6 Å². The molecule has 1 aliphatic heterocycles. The molecule has 38 heavy (non-hydrogen) atoms. The average Bonchev–Trinajstić information content (AvgIpc) is 3.36. The maximum absolute atomic E-state index is 14.1. The predicted octanol–water partition coefficient (Wildman–Crippen LogP) is 4.07. The van der Waals surface area contributed by atoms with Crippen LogP contribution in [-0.4, -0.2) is 45.0 Å². The van der Waals surface area contributed by atoms with Crippen LogP contribution in [0.5, 0.6) is 0 Å². The highest BCUT2D eigenvalue weighted by Gasteiger charge is 2.67. The summed E-state index contributed by atoms with van der Waals surface area (Å²) in [7, 11) is 0. The molecule has 1 saturated heterocycles. The molecule has 196 valence electrons. The molecule has 2 bridgehead atoms. The van der Waals surface area contributed by atoms with Gasteiger partial charge in [0, 0.05) is 28.7 Å². The highest BCUT2D eigenvalue weighted by atomic mass is 35.5. The number of urea groups is 1. The van der Waals surface area contributed by atoms with E-state index in [9.17, 15) is 28.3 Å². The Kier molecular flexibility index (Phi) is 5.41. The first kappa shape index (κ1) is 24.6. The minimum atomic E-state index is -1.54. The van der Waals surface area contributed by atoms with Crippen LogP contribution in [0.2, 0.25) is 5.02 Å². The lowest BCUT2D eigenvalue weighted by atomic mass is 9.41. The molecule has 2 aromatic carbocycles. The van der Waals surface area contributed by atoms with E-state index in [-0.39, 0.29) is 23.2 Å². The number of benzene rings is 2. The second-order valence-electron chi connectivity index (χ2n) is 10.6. The third-order valence-electron chi connectivity index (χ3n) is 7.81. The lowest BCUT2D eigenvalue weighted by molar-refractivity contribution is -0.256. The zero-order valence-corrected chi connectivity index (χ0v) is 21.0. The number of aliphatic hydroxyl groups is 1. The zero-order chi connectivity index (χ0) is 27.0. The predicted molar refractivity (Wildman–Crippen MR) is 135 cm³/mol. The van der Waals surface area contributed by atoms with Gasteiger partial charge in [0.05, 0.1) is 11.1 Å². The number of fused-ring (bicyclic) bond motifs is 1. The van der Waals surface area contributed by atoms with Crippen molar-refractivity contribution in [2.45, 2.75) is 37.8 Å². The fourth-order valence-electron chi connectivity index (χ4n) is 6.00.